The second-order valence-electron chi connectivity index (χ2n) is 5.57. The first kappa shape index (κ1) is 15.3. The minimum atomic E-state index is -0.474. The Bertz CT molecular complexity index is 878. The fourth-order valence-electron chi connectivity index (χ4n) is 2.24. The number of hydrogen-bond donors (Lipinski definition) is 1. The molecule has 1 fully saturated rings. The van der Waals surface area contributed by atoms with Crippen LogP contribution in [0.1, 0.15) is 22.5 Å². The maximum atomic E-state index is 12.1. The number of amides is 1. The number of hydrogen-bond acceptors (Lipinski definition) is 6. The molecule has 7 heteroatoms. The summed E-state index contributed by atoms with van der Waals surface area (Å²) < 4.78 is 6.18. The Morgan fingerprint density at radius 3 is 2.79 bits per heavy atom. The summed E-state index contributed by atoms with van der Waals surface area (Å²) in [4.78, 5) is 29.6. The first-order chi connectivity index (χ1) is 11.7. The van der Waals surface area contributed by atoms with Gasteiger partial charge in [0.05, 0.1) is 15.1 Å². The number of carbonyl (C=O) groups is 2. The van der Waals surface area contributed by atoms with Crippen molar-refractivity contribution in [1.29, 1.82) is 0 Å². The van der Waals surface area contributed by atoms with Gasteiger partial charge in [-0.25, -0.2) is 9.78 Å². The normalized spacial score (nSPS) is 13.8. The van der Waals surface area contributed by atoms with Crippen LogP contribution in [0.3, 0.4) is 0 Å². The SMILES string of the molecule is O=C(COC(=O)c1ccc(-c2nc3ccccc3s2)s1)NC1CC1. The lowest BCUT2D eigenvalue weighted by Crippen LogP contribution is -2.30. The summed E-state index contributed by atoms with van der Waals surface area (Å²) in [5, 5.41) is 3.67. The fourth-order valence-corrected chi connectivity index (χ4v) is 4.16. The topological polar surface area (TPSA) is 68.3 Å². The van der Waals surface area contributed by atoms with Gasteiger partial charge in [-0.3, -0.25) is 4.79 Å². The van der Waals surface area contributed by atoms with Gasteiger partial charge in [-0.2, -0.15) is 0 Å². The largest absolute Gasteiger partial charge is 0.451 e. The Balaban J connectivity index is 1.43. The van der Waals surface area contributed by atoms with Crippen molar-refractivity contribution < 1.29 is 14.3 Å². The third-order valence-electron chi connectivity index (χ3n) is 3.59. The number of carbonyl (C=O) groups excluding carboxylic acids is 2. The van der Waals surface area contributed by atoms with E-state index in [1.807, 2.05) is 30.3 Å². The highest BCUT2D eigenvalue weighted by Crippen LogP contribution is 2.34. The lowest BCUT2D eigenvalue weighted by atomic mass is 10.3. The van der Waals surface area contributed by atoms with Gasteiger partial charge in [-0.05, 0) is 37.1 Å². The maximum Gasteiger partial charge on any atom is 0.348 e. The van der Waals surface area contributed by atoms with Crippen molar-refractivity contribution in [2.45, 2.75) is 18.9 Å². The molecule has 122 valence electrons. The molecule has 1 aromatic carbocycles. The summed E-state index contributed by atoms with van der Waals surface area (Å²) in [6.07, 6.45) is 2.02. The molecule has 5 nitrogen and oxygen atoms in total. The predicted octanol–water partition coefficient (Wildman–Crippen LogP) is 3.46. The van der Waals surface area contributed by atoms with E-state index in [2.05, 4.69) is 10.3 Å². The van der Waals surface area contributed by atoms with Crippen LogP contribution in [0.5, 0.6) is 0 Å². The van der Waals surface area contributed by atoms with Crippen molar-refractivity contribution >= 4 is 44.8 Å². The zero-order valence-electron chi connectivity index (χ0n) is 12.7. The molecule has 0 unspecified atom stereocenters. The van der Waals surface area contributed by atoms with Crippen LogP contribution in [0.4, 0.5) is 0 Å². The van der Waals surface area contributed by atoms with Crippen molar-refractivity contribution in [3.05, 3.63) is 41.3 Å². The first-order valence-electron chi connectivity index (χ1n) is 7.61. The highest BCUT2D eigenvalue weighted by atomic mass is 32.1. The number of nitrogens with one attached hydrogen (secondary N) is 1. The third-order valence-corrected chi connectivity index (χ3v) is 5.86. The maximum absolute atomic E-state index is 12.1. The van der Waals surface area contributed by atoms with E-state index in [1.165, 1.54) is 11.3 Å². The summed E-state index contributed by atoms with van der Waals surface area (Å²) >= 11 is 2.92. The van der Waals surface area contributed by atoms with Gasteiger partial charge < -0.3 is 10.1 Å². The van der Waals surface area contributed by atoms with Gasteiger partial charge in [-0.15, -0.1) is 22.7 Å². The Labute approximate surface area is 146 Å². The fraction of sp³-hybridized carbons (Fsp3) is 0.235. The molecule has 0 saturated heterocycles. The third kappa shape index (κ3) is 3.32. The van der Waals surface area contributed by atoms with Crippen molar-refractivity contribution in [2.75, 3.05) is 6.61 Å². The molecule has 24 heavy (non-hydrogen) atoms. The molecule has 1 N–H and O–H groups in total. The standard InChI is InChI=1S/C17H14N2O3S2/c20-15(18-10-5-6-10)9-22-17(21)14-8-7-13(23-14)16-19-11-3-1-2-4-12(11)24-16/h1-4,7-8,10H,5-6,9H2,(H,18,20). The molecule has 0 atom stereocenters. The van der Waals surface area contributed by atoms with Gasteiger partial charge in [0.1, 0.15) is 9.88 Å². The van der Waals surface area contributed by atoms with E-state index in [0.29, 0.717) is 4.88 Å². The Morgan fingerprint density at radius 1 is 1.17 bits per heavy atom. The van der Waals surface area contributed by atoms with Gasteiger partial charge in [0.2, 0.25) is 0 Å². The molecule has 4 rings (SSSR count). The summed E-state index contributed by atoms with van der Waals surface area (Å²) in [7, 11) is 0. The number of ether oxygens (including phenoxy) is 1. The predicted molar refractivity (Wildman–Crippen MR) is 94.4 cm³/mol. The average molecular weight is 358 g/mol. The molecule has 0 aliphatic heterocycles. The second kappa shape index (κ2) is 6.33. The number of thiazole rings is 1. The highest BCUT2D eigenvalue weighted by molar-refractivity contribution is 7.26. The zero-order chi connectivity index (χ0) is 16.5. The molecule has 0 spiro atoms. The quantitative estimate of drug-likeness (QED) is 0.709. The lowest BCUT2D eigenvalue weighted by Gasteiger charge is -2.03. The number of fused-ring (bicyclic) bond motifs is 1. The summed E-state index contributed by atoms with van der Waals surface area (Å²) in [5.41, 5.74) is 0.951. The summed E-state index contributed by atoms with van der Waals surface area (Å²) in [5.74, 6) is -0.716. The van der Waals surface area contributed by atoms with E-state index in [9.17, 15) is 9.59 Å². The molecule has 1 amide bonds. The second-order valence-corrected chi connectivity index (χ2v) is 7.68. The smallest absolute Gasteiger partial charge is 0.348 e. The van der Waals surface area contributed by atoms with E-state index in [1.54, 1.807) is 17.4 Å². The molecular weight excluding hydrogens is 344 g/mol. The average Bonchev–Trinajstić information content (AvgIpc) is 3.11. The van der Waals surface area contributed by atoms with Gasteiger partial charge >= 0.3 is 5.97 Å². The number of para-hydroxylation sites is 1. The van der Waals surface area contributed by atoms with Crippen molar-refractivity contribution in [3.63, 3.8) is 0 Å². The van der Waals surface area contributed by atoms with Crippen LogP contribution in [0.15, 0.2) is 36.4 Å². The summed E-state index contributed by atoms with van der Waals surface area (Å²) in [6, 6.07) is 11.8. The minimum absolute atomic E-state index is 0.232. The number of aromatic nitrogens is 1. The number of benzene rings is 1. The van der Waals surface area contributed by atoms with Crippen molar-refractivity contribution in [1.82, 2.24) is 10.3 Å². The zero-order valence-corrected chi connectivity index (χ0v) is 14.3. The van der Waals surface area contributed by atoms with E-state index in [-0.39, 0.29) is 18.6 Å². The molecule has 0 bridgehead atoms. The molecule has 0 radical (unpaired) electrons. The van der Waals surface area contributed by atoms with Crippen LogP contribution < -0.4 is 5.32 Å². The molecule has 1 saturated carbocycles. The summed E-state index contributed by atoms with van der Waals surface area (Å²) in [6.45, 7) is -0.232. The van der Waals surface area contributed by atoms with Gasteiger partial charge in [-0.1, -0.05) is 12.1 Å². The van der Waals surface area contributed by atoms with Crippen LogP contribution in [0.2, 0.25) is 0 Å². The van der Waals surface area contributed by atoms with Gasteiger partial charge in [0.25, 0.3) is 5.91 Å². The number of thiophene rings is 1. The Kier molecular flexibility index (Phi) is 4.03. The number of rotatable bonds is 5. The Morgan fingerprint density at radius 2 is 2.00 bits per heavy atom. The highest BCUT2D eigenvalue weighted by Gasteiger charge is 2.24. The molecule has 1 aliphatic carbocycles. The van der Waals surface area contributed by atoms with Crippen LogP contribution in [-0.4, -0.2) is 29.5 Å². The van der Waals surface area contributed by atoms with E-state index in [0.717, 1.165) is 32.9 Å². The van der Waals surface area contributed by atoms with Crippen LogP contribution in [0, 0.1) is 0 Å². The first-order valence-corrected chi connectivity index (χ1v) is 9.24. The van der Waals surface area contributed by atoms with Crippen LogP contribution in [-0.2, 0) is 9.53 Å². The molecular formula is C17H14N2O3S2. The van der Waals surface area contributed by atoms with Crippen molar-refractivity contribution in [2.24, 2.45) is 0 Å². The minimum Gasteiger partial charge on any atom is -0.451 e. The van der Waals surface area contributed by atoms with E-state index < -0.39 is 5.97 Å². The monoisotopic (exact) mass is 358 g/mol. The van der Waals surface area contributed by atoms with E-state index >= 15 is 0 Å². The molecule has 2 aromatic heterocycles. The molecule has 1 aliphatic rings. The molecule has 3 aromatic rings. The Hall–Kier alpha value is -2.25. The van der Waals surface area contributed by atoms with Gasteiger partial charge in [0, 0.05) is 6.04 Å². The van der Waals surface area contributed by atoms with Crippen LogP contribution >= 0.6 is 22.7 Å². The molecule has 2 heterocycles. The van der Waals surface area contributed by atoms with Gasteiger partial charge in [0.15, 0.2) is 6.61 Å². The van der Waals surface area contributed by atoms with Crippen molar-refractivity contribution in [3.8, 4) is 9.88 Å². The van der Waals surface area contributed by atoms with Crippen LogP contribution in [0.25, 0.3) is 20.1 Å². The number of esters is 1. The lowest BCUT2D eigenvalue weighted by molar-refractivity contribution is -0.124. The van der Waals surface area contributed by atoms with E-state index in [4.69, 9.17) is 4.74 Å². The number of nitrogens with zero attached hydrogens (tertiary/aromatic N) is 1.